The molecule has 8 heteroatoms. The number of hydrogen-bond donors (Lipinski definition) is 1. The number of carbonyl (C=O) groups is 3. The van der Waals surface area contributed by atoms with E-state index in [2.05, 4.69) is 10.1 Å². The van der Waals surface area contributed by atoms with Gasteiger partial charge in [0.15, 0.2) is 0 Å². The summed E-state index contributed by atoms with van der Waals surface area (Å²) in [5.74, 6) is -3.81. The van der Waals surface area contributed by atoms with Crippen molar-refractivity contribution in [1.82, 2.24) is 4.90 Å². The van der Waals surface area contributed by atoms with Crippen molar-refractivity contribution < 1.29 is 27.9 Å². The van der Waals surface area contributed by atoms with E-state index in [0.29, 0.717) is 32.0 Å². The van der Waals surface area contributed by atoms with Gasteiger partial charge in [-0.05, 0) is 18.9 Å². The highest BCUT2D eigenvalue weighted by Gasteiger charge is 2.32. The Hall–Kier alpha value is -2.51. The number of piperidine rings is 1. The number of rotatable bonds is 3. The van der Waals surface area contributed by atoms with Crippen LogP contribution in [-0.2, 0) is 14.3 Å². The van der Waals surface area contributed by atoms with Crippen molar-refractivity contribution in [2.75, 3.05) is 25.5 Å². The summed E-state index contributed by atoms with van der Waals surface area (Å²) in [6, 6.07) is 1.46. The van der Waals surface area contributed by atoms with Crippen LogP contribution in [0, 0.1) is 23.0 Å². The van der Waals surface area contributed by atoms with E-state index in [4.69, 9.17) is 0 Å². The monoisotopic (exact) mass is 382 g/mol. The average molecular weight is 382 g/mol. The minimum atomic E-state index is -1.06. The summed E-state index contributed by atoms with van der Waals surface area (Å²) in [5, 5.41) is 2.41. The molecule has 1 aliphatic rings. The third-order valence-corrected chi connectivity index (χ3v) is 4.51. The molecule has 2 rings (SSSR count). The summed E-state index contributed by atoms with van der Waals surface area (Å²) in [6.45, 7) is 6.39. The Labute approximate surface area is 156 Å². The van der Waals surface area contributed by atoms with Crippen molar-refractivity contribution in [2.24, 2.45) is 11.3 Å². The summed E-state index contributed by atoms with van der Waals surface area (Å²) >= 11 is 0. The number of benzene rings is 1. The Balaban J connectivity index is 2.05. The third kappa shape index (κ3) is 4.81. The SMILES string of the molecule is COC(=O)c1cc(NC(=O)C2CCN(C(=O)C(C)(C)C)CC2)c(F)cc1F. The van der Waals surface area contributed by atoms with Gasteiger partial charge in [0, 0.05) is 30.5 Å². The molecular weight excluding hydrogens is 358 g/mol. The maximum atomic E-state index is 14.0. The normalized spacial score (nSPS) is 15.4. The topological polar surface area (TPSA) is 75.7 Å². The lowest BCUT2D eigenvalue weighted by Gasteiger charge is -2.35. The fourth-order valence-electron chi connectivity index (χ4n) is 2.97. The van der Waals surface area contributed by atoms with Crippen LogP contribution >= 0.6 is 0 Å². The van der Waals surface area contributed by atoms with Crippen molar-refractivity contribution in [3.63, 3.8) is 0 Å². The number of ether oxygens (including phenoxy) is 1. The molecule has 6 nitrogen and oxygen atoms in total. The lowest BCUT2D eigenvalue weighted by Crippen LogP contribution is -2.45. The molecule has 1 saturated heterocycles. The minimum absolute atomic E-state index is 0.0219. The van der Waals surface area contributed by atoms with Crippen LogP contribution in [0.15, 0.2) is 12.1 Å². The molecule has 1 N–H and O–H groups in total. The van der Waals surface area contributed by atoms with Crippen LogP contribution in [0.3, 0.4) is 0 Å². The minimum Gasteiger partial charge on any atom is -0.465 e. The molecule has 0 unspecified atom stereocenters. The first kappa shape index (κ1) is 20.8. The second kappa shape index (κ2) is 8.02. The fourth-order valence-corrected chi connectivity index (χ4v) is 2.97. The number of nitrogens with one attached hydrogen (secondary N) is 1. The molecule has 1 aromatic carbocycles. The Morgan fingerprint density at radius 2 is 1.70 bits per heavy atom. The maximum absolute atomic E-state index is 14.0. The predicted molar refractivity (Wildman–Crippen MR) is 95.1 cm³/mol. The van der Waals surface area contributed by atoms with E-state index in [9.17, 15) is 23.2 Å². The van der Waals surface area contributed by atoms with Crippen molar-refractivity contribution in [2.45, 2.75) is 33.6 Å². The molecule has 0 bridgehead atoms. The maximum Gasteiger partial charge on any atom is 0.340 e. The molecule has 27 heavy (non-hydrogen) atoms. The van der Waals surface area contributed by atoms with Gasteiger partial charge in [-0.3, -0.25) is 9.59 Å². The van der Waals surface area contributed by atoms with E-state index in [1.165, 1.54) is 0 Å². The van der Waals surface area contributed by atoms with Gasteiger partial charge in [0.1, 0.15) is 11.6 Å². The van der Waals surface area contributed by atoms with Gasteiger partial charge in [0.25, 0.3) is 0 Å². The lowest BCUT2D eigenvalue weighted by molar-refractivity contribution is -0.142. The zero-order chi connectivity index (χ0) is 20.4. The van der Waals surface area contributed by atoms with E-state index in [1.54, 1.807) is 4.90 Å². The summed E-state index contributed by atoms with van der Waals surface area (Å²) in [7, 11) is 1.08. The molecule has 0 spiro atoms. The van der Waals surface area contributed by atoms with Crippen molar-refractivity contribution in [3.05, 3.63) is 29.3 Å². The highest BCUT2D eigenvalue weighted by Crippen LogP contribution is 2.26. The molecule has 0 radical (unpaired) electrons. The number of likely N-dealkylation sites (tertiary alicyclic amines) is 1. The second-order valence-corrected chi connectivity index (χ2v) is 7.61. The molecule has 2 amide bonds. The van der Waals surface area contributed by atoms with E-state index < -0.39 is 40.4 Å². The van der Waals surface area contributed by atoms with Gasteiger partial charge in [-0.15, -0.1) is 0 Å². The third-order valence-electron chi connectivity index (χ3n) is 4.51. The molecule has 0 aliphatic carbocycles. The van der Waals surface area contributed by atoms with E-state index in [0.717, 1.165) is 13.2 Å². The fraction of sp³-hybridized carbons (Fsp3) is 0.526. The molecule has 1 aromatic rings. The number of esters is 1. The van der Waals surface area contributed by atoms with E-state index in [-0.39, 0.29) is 11.6 Å². The molecule has 148 valence electrons. The van der Waals surface area contributed by atoms with Crippen LogP contribution in [0.25, 0.3) is 0 Å². The van der Waals surface area contributed by atoms with Crippen LogP contribution in [-0.4, -0.2) is 42.9 Å². The van der Waals surface area contributed by atoms with Gasteiger partial charge in [-0.25, -0.2) is 13.6 Å². The molecular formula is C19H24F2N2O4. The van der Waals surface area contributed by atoms with E-state index in [1.807, 2.05) is 20.8 Å². The number of halogens is 2. The molecule has 0 saturated carbocycles. The number of amides is 2. The quantitative estimate of drug-likeness (QED) is 0.816. The van der Waals surface area contributed by atoms with Gasteiger partial charge in [0.05, 0.1) is 18.4 Å². The van der Waals surface area contributed by atoms with Crippen molar-refractivity contribution >= 4 is 23.5 Å². The number of methoxy groups -OCH3 is 1. The van der Waals surface area contributed by atoms with Crippen LogP contribution in [0.5, 0.6) is 0 Å². The Kier molecular flexibility index (Phi) is 6.18. The first-order chi connectivity index (χ1) is 12.5. The number of hydrogen-bond acceptors (Lipinski definition) is 4. The Bertz CT molecular complexity index is 751. The summed E-state index contributed by atoms with van der Waals surface area (Å²) < 4.78 is 32.1. The largest absolute Gasteiger partial charge is 0.465 e. The van der Waals surface area contributed by atoms with Gasteiger partial charge in [-0.1, -0.05) is 20.8 Å². The van der Waals surface area contributed by atoms with Gasteiger partial charge in [0.2, 0.25) is 11.8 Å². The summed E-state index contributed by atoms with van der Waals surface area (Å²) in [5.41, 5.74) is -1.23. The van der Waals surface area contributed by atoms with Crippen molar-refractivity contribution in [3.8, 4) is 0 Å². The van der Waals surface area contributed by atoms with Crippen LogP contribution in [0.4, 0.5) is 14.5 Å². The number of anilines is 1. The highest BCUT2D eigenvalue weighted by molar-refractivity contribution is 5.96. The van der Waals surface area contributed by atoms with Crippen molar-refractivity contribution in [1.29, 1.82) is 0 Å². The number of nitrogens with zero attached hydrogens (tertiary/aromatic N) is 1. The smallest absolute Gasteiger partial charge is 0.340 e. The van der Waals surface area contributed by atoms with Gasteiger partial charge >= 0.3 is 5.97 Å². The van der Waals surface area contributed by atoms with Crippen LogP contribution < -0.4 is 5.32 Å². The average Bonchev–Trinajstić information content (AvgIpc) is 2.62. The Morgan fingerprint density at radius 3 is 2.22 bits per heavy atom. The first-order valence-electron chi connectivity index (χ1n) is 8.72. The molecule has 1 aliphatic heterocycles. The predicted octanol–water partition coefficient (Wildman–Crippen LogP) is 2.97. The second-order valence-electron chi connectivity index (χ2n) is 7.61. The van der Waals surface area contributed by atoms with E-state index >= 15 is 0 Å². The zero-order valence-corrected chi connectivity index (χ0v) is 15.9. The standard InChI is InChI=1S/C19H24F2N2O4/c1-19(2,3)18(26)23-7-5-11(6-8-23)16(24)22-15-9-12(17(25)27-4)13(20)10-14(15)21/h9-11H,5-8H2,1-4H3,(H,22,24). The lowest BCUT2D eigenvalue weighted by atomic mass is 9.90. The Morgan fingerprint density at radius 1 is 1.11 bits per heavy atom. The van der Waals surface area contributed by atoms with Gasteiger partial charge in [-0.2, -0.15) is 0 Å². The molecule has 1 fully saturated rings. The van der Waals surface area contributed by atoms with Crippen LogP contribution in [0.1, 0.15) is 44.0 Å². The van der Waals surface area contributed by atoms with Crippen LogP contribution in [0.2, 0.25) is 0 Å². The summed E-state index contributed by atoms with van der Waals surface area (Å²) in [6.07, 6.45) is 0.890. The summed E-state index contributed by atoms with van der Waals surface area (Å²) in [4.78, 5) is 38.0. The zero-order valence-electron chi connectivity index (χ0n) is 15.9. The molecule has 0 aromatic heterocycles. The first-order valence-corrected chi connectivity index (χ1v) is 8.72. The molecule has 1 heterocycles. The van der Waals surface area contributed by atoms with Gasteiger partial charge < -0.3 is 15.0 Å². The molecule has 0 atom stereocenters. The number of carbonyl (C=O) groups excluding carboxylic acids is 3. The highest BCUT2D eigenvalue weighted by atomic mass is 19.1.